The fourth-order valence-electron chi connectivity index (χ4n) is 2.55. The molecule has 3 nitrogen and oxygen atoms in total. The molecule has 1 fully saturated rings. The number of hydrogen-bond acceptors (Lipinski definition) is 2. The first-order valence-corrected chi connectivity index (χ1v) is 6.87. The zero-order valence-electron chi connectivity index (χ0n) is 11.1. The molecule has 102 valence electrons. The van der Waals surface area contributed by atoms with E-state index < -0.39 is 6.04 Å². The smallest absolute Gasteiger partial charge is 0.247 e. The molecule has 0 spiro atoms. The van der Waals surface area contributed by atoms with Gasteiger partial charge in [-0.05, 0) is 30.7 Å². The van der Waals surface area contributed by atoms with E-state index in [2.05, 4.69) is 0 Å². The maximum atomic E-state index is 12.1. The number of β-lactam (4-membered cyclic amide) rings is 1. The second kappa shape index (κ2) is 4.93. The Bertz CT molecular complexity index is 654. The molecule has 1 aliphatic rings. The summed E-state index contributed by atoms with van der Waals surface area (Å²) in [6.07, 6.45) is 0. The van der Waals surface area contributed by atoms with Gasteiger partial charge in [-0.2, -0.15) is 0 Å². The van der Waals surface area contributed by atoms with Crippen molar-refractivity contribution in [1.82, 2.24) is 0 Å². The van der Waals surface area contributed by atoms with E-state index in [9.17, 15) is 4.79 Å². The van der Waals surface area contributed by atoms with Crippen molar-refractivity contribution in [3.63, 3.8) is 0 Å². The highest BCUT2D eigenvalue weighted by atomic mass is 35.5. The minimum atomic E-state index is -0.531. The molecule has 2 aromatic carbocycles. The molecule has 0 unspecified atom stereocenters. The normalized spacial score (nSPS) is 21.8. The molecule has 0 aromatic heterocycles. The maximum absolute atomic E-state index is 12.1. The highest BCUT2D eigenvalue weighted by Crippen LogP contribution is 2.40. The Morgan fingerprint density at radius 1 is 1.10 bits per heavy atom. The Kier molecular flexibility index (Phi) is 3.24. The van der Waals surface area contributed by atoms with Crippen LogP contribution in [0, 0.1) is 6.92 Å². The van der Waals surface area contributed by atoms with E-state index in [0.29, 0.717) is 5.02 Å². The second-order valence-corrected chi connectivity index (χ2v) is 5.44. The van der Waals surface area contributed by atoms with E-state index in [1.165, 1.54) is 0 Å². The van der Waals surface area contributed by atoms with Gasteiger partial charge in [-0.25, -0.2) is 0 Å². The van der Waals surface area contributed by atoms with E-state index in [1.807, 2.05) is 55.5 Å². The number of amides is 1. The average Bonchev–Trinajstić information content (AvgIpc) is 2.46. The van der Waals surface area contributed by atoms with E-state index in [0.717, 1.165) is 16.8 Å². The largest absolute Gasteiger partial charge is 0.318 e. The third-order valence-corrected chi connectivity index (χ3v) is 4.02. The van der Waals surface area contributed by atoms with Gasteiger partial charge in [0, 0.05) is 10.7 Å². The van der Waals surface area contributed by atoms with Gasteiger partial charge in [0.15, 0.2) is 0 Å². The Hall–Kier alpha value is -1.84. The van der Waals surface area contributed by atoms with Crippen LogP contribution >= 0.6 is 11.6 Å². The third-order valence-electron chi connectivity index (χ3n) is 3.68. The molecule has 20 heavy (non-hydrogen) atoms. The van der Waals surface area contributed by atoms with Crippen LogP contribution in [0.15, 0.2) is 48.5 Å². The van der Waals surface area contributed by atoms with Crippen LogP contribution in [0.3, 0.4) is 0 Å². The molecule has 0 radical (unpaired) electrons. The molecule has 1 amide bonds. The Balaban J connectivity index is 2.00. The Labute approximate surface area is 123 Å². The Morgan fingerprint density at radius 2 is 1.75 bits per heavy atom. The lowest BCUT2D eigenvalue weighted by Gasteiger charge is -2.45. The molecule has 2 atom stereocenters. The number of aryl methyl sites for hydroxylation is 1. The summed E-state index contributed by atoms with van der Waals surface area (Å²) in [5, 5.41) is 0.637. The molecule has 2 aromatic rings. The lowest BCUT2D eigenvalue weighted by Crippen LogP contribution is -2.63. The van der Waals surface area contributed by atoms with Crippen LogP contribution in [-0.2, 0) is 4.79 Å². The highest BCUT2D eigenvalue weighted by molar-refractivity contribution is 6.31. The average molecular weight is 287 g/mol. The van der Waals surface area contributed by atoms with Crippen molar-refractivity contribution in [2.45, 2.75) is 19.0 Å². The molecule has 2 N–H and O–H groups in total. The van der Waals surface area contributed by atoms with Crippen LogP contribution in [0.1, 0.15) is 17.2 Å². The molecule has 1 aliphatic heterocycles. The number of anilines is 1. The van der Waals surface area contributed by atoms with Gasteiger partial charge in [0.2, 0.25) is 5.91 Å². The van der Waals surface area contributed by atoms with E-state index in [4.69, 9.17) is 17.3 Å². The van der Waals surface area contributed by atoms with Crippen LogP contribution in [0.25, 0.3) is 0 Å². The molecule has 0 bridgehead atoms. The molecule has 1 heterocycles. The first-order valence-electron chi connectivity index (χ1n) is 6.49. The summed E-state index contributed by atoms with van der Waals surface area (Å²) in [7, 11) is 0. The molecule has 0 aliphatic carbocycles. The van der Waals surface area contributed by atoms with Crippen LogP contribution in [0.4, 0.5) is 5.69 Å². The van der Waals surface area contributed by atoms with Gasteiger partial charge >= 0.3 is 0 Å². The van der Waals surface area contributed by atoms with Gasteiger partial charge < -0.3 is 10.6 Å². The first-order chi connectivity index (χ1) is 9.59. The number of nitrogens with two attached hydrogens (primary N) is 1. The fraction of sp³-hybridized carbons (Fsp3) is 0.188. The van der Waals surface area contributed by atoms with Crippen molar-refractivity contribution in [3.05, 3.63) is 64.7 Å². The van der Waals surface area contributed by atoms with Gasteiger partial charge in [0.25, 0.3) is 0 Å². The standard InChI is InChI=1S/C16H15ClN2O/c1-10-6-8-11(9-7-10)19-15(14(18)16(19)20)12-4-2-3-5-13(12)17/h2-9,14-15H,18H2,1H3/t14-,15+/m1/s1. The number of rotatable bonds is 2. The number of carbonyl (C=O) groups excluding carboxylic acids is 1. The van der Waals surface area contributed by atoms with Gasteiger partial charge in [-0.3, -0.25) is 4.79 Å². The minimum Gasteiger partial charge on any atom is -0.318 e. The van der Waals surface area contributed by atoms with Gasteiger partial charge in [0.05, 0.1) is 6.04 Å². The van der Waals surface area contributed by atoms with Crippen molar-refractivity contribution < 1.29 is 4.79 Å². The lowest BCUT2D eigenvalue weighted by molar-refractivity contribution is -0.126. The molecule has 4 heteroatoms. The summed E-state index contributed by atoms with van der Waals surface area (Å²) < 4.78 is 0. The highest BCUT2D eigenvalue weighted by Gasteiger charge is 2.47. The van der Waals surface area contributed by atoms with Crippen LogP contribution < -0.4 is 10.6 Å². The maximum Gasteiger partial charge on any atom is 0.247 e. The summed E-state index contributed by atoms with van der Waals surface area (Å²) in [5.41, 5.74) is 8.87. The lowest BCUT2D eigenvalue weighted by atomic mass is 9.88. The van der Waals surface area contributed by atoms with Crippen molar-refractivity contribution in [2.75, 3.05) is 4.90 Å². The summed E-state index contributed by atoms with van der Waals surface area (Å²) in [5.74, 6) is -0.0706. The molecular formula is C16H15ClN2O. The van der Waals surface area contributed by atoms with Crippen molar-refractivity contribution in [1.29, 1.82) is 0 Å². The van der Waals surface area contributed by atoms with E-state index in [-0.39, 0.29) is 11.9 Å². The number of nitrogens with zero attached hydrogens (tertiary/aromatic N) is 1. The third kappa shape index (κ3) is 1.99. The van der Waals surface area contributed by atoms with E-state index in [1.54, 1.807) is 4.90 Å². The van der Waals surface area contributed by atoms with Gasteiger partial charge in [-0.15, -0.1) is 0 Å². The zero-order chi connectivity index (χ0) is 14.3. The second-order valence-electron chi connectivity index (χ2n) is 5.04. The minimum absolute atomic E-state index is 0.0706. The quantitative estimate of drug-likeness (QED) is 0.863. The summed E-state index contributed by atoms with van der Waals surface area (Å²) in [6.45, 7) is 2.01. The predicted molar refractivity (Wildman–Crippen MR) is 80.8 cm³/mol. The molecule has 3 rings (SSSR count). The number of carbonyl (C=O) groups is 1. The first kappa shape index (κ1) is 13.2. The number of hydrogen-bond donors (Lipinski definition) is 1. The van der Waals surface area contributed by atoms with Crippen molar-refractivity contribution in [2.24, 2.45) is 5.73 Å². The van der Waals surface area contributed by atoms with Crippen LogP contribution in [0.2, 0.25) is 5.02 Å². The van der Waals surface area contributed by atoms with Crippen molar-refractivity contribution >= 4 is 23.2 Å². The van der Waals surface area contributed by atoms with Crippen LogP contribution in [-0.4, -0.2) is 11.9 Å². The van der Waals surface area contributed by atoms with Crippen molar-refractivity contribution in [3.8, 4) is 0 Å². The summed E-state index contributed by atoms with van der Waals surface area (Å²) >= 11 is 6.23. The SMILES string of the molecule is Cc1ccc(N2C(=O)[C@H](N)[C@@H]2c2ccccc2Cl)cc1. The van der Waals surface area contributed by atoms with Gasteiger partial charge in [0.1, 0.15) is 6.04 Å². The van der Waals surface area contributed by atoms with Gasteiger partial charge in [-0.1, -0.05) is 47.5 Å². The monoisotopic (exact) mass is 286 g/mol. The predicted octanol–water partition coefficient (Wildman–Crippen LogP) is 3.06. The summed E-state index contributed by atoms with van der Waals surface area (Å²) in [6, 6.07) is 14.6. The molecule has 1 saturated heterocycles. The topological polar surface area (TPSA) is 46.3 Å². The number of benzene rings is 2. The van der Waals surface area contributed by atoms with Crippen LogP contribution in [0.5, 0.6) is 0 Å². The van der Waals surface area contributed by atoms with E-state index >= 15 is 0 Å². The fourth-order valence-corrected chi connectivity index (χ4v) is 2.80. The Morgan fingerprint density at radius 3 is 2.40 bits per heavy atom. The zero-order valence-corrected chi connectivity index (χ0v) is 11.8. The number of halogens is 1. The molecule has 0 saturated carbocycles. The molecular weight excluding hydrogens is 272 g/mol. The summed E-state index contributed by atoms with van der Waals surface area (Å²) in [4.78, 5) is 13.8.